The van der Waals surface area contributed by atoms with Gasteiger partial charge in [-0.2, -0.15) is 19.3 Å². The van der Waals surface area contributed by atoms with Gasteiger partial charge in [0.25, 0.3) is 0 Å². The summed E-state index contributed by atoms with van der Waals surface area (Å²) in [4.78, 5) is 17.0. The molecule has 31 heavy (non-hydrogen) atoms. The Kier molecular flexibility index (Phi) is 7.34. The molecule has 168 valence electrons. The van der Waals surface area contributed by atoms with Crippen LogP contribution in [0.15, 0.2) is 28.3 Å². The number of hydrogen-bond donors (Lipinski definition) is 2. The number of thioether (sulfide) groups is 1. The first kappa shape index (κ1) is 23.2. The predicted octanol–water partition coefficient (Wildman–Crippen LogP) is 2.51. The Morgan fingerprint density at radius 2 is 1.71 bits per heavy atom. The monoisotopic (exact) mass is 464 g/mol. The van der Waals surface area contributed by atoms with Crippen molar-refractivity contribution in [3.8, 4) is 0 Å². The van der Waals surface area contributed by atoms with Crippen molar-refractivity contribution in [2.24, 2.45) is 0 Å². The number of nitrogens with two attached hydrogens (primary N) is 2. The molecule has 0 aliphatic rings. The molecule has 10 nitrogen and oxygen atoms in total. The van der Waals surface area contributed by atoms with Gasteiger partial charge in [0.05, 0.1) is 21.7 Å². The molecule has 4 N–H and O–H groups in total. The third kappa shape index (κ3) is 5.08. The minimum Gasteiger partial charge on any atom is -0.368 e. The second kappa shape index (κ2) is 9.79. The maximum atomic E-state index is 12.9. The molecule has 0 aliphatic heterocycles. The number of nitrogens with zero attached hydrogens (tertiary/aromatic N) is 6. The summed E-state index contributed by atoms with van der Waals surface area (Å²) in [7, 11) is -3.56. The van der Waals surface area contributed by atoms with E-state index >= 15 is 0 Å². The molecule has 3 aromatic rings. The van der Waals surface area contributed by atoms with Gasteiger partial charge in [-0.1, -0.05) is 39.0 Å². The number of aryl methyl sites for hydroxylation is 1. The van der Waals surface area contributed by atoms with E-state index in [1.807, 2.05) is 19.9 Å². The van der Waals surface area contributed by atoms with Crippen molar-refractivity contribution >= 4 is 44.7 Å². The maximum Gasteiger partial charge on any atom is 0.243 e. The molecule has 0 atom stereocenters. The van der Waals surface area contributed by atoms with Gasteiger partial charge in [-0.05, 0) is 24.6 Å². The topological polar surface area (TPSA) is 146 Å². The van der Waals surface area contributed by atoms with Crippen LogP contribution < -0.4 is 11.5 Å². The molecular formula is C19H28N8O2S2. The Balaban J connectivity index is 1.98. The average Bonchev–Trinajstić information content (AvgIpc) is 3.07. The van der Waals surface area contributed by atoms with Gasteiger partial charge >= 0.3 is 0 Å². The second-order valence-electron chi connectivity index (χ2n) is 6.90. The SMILES string of the molecule is CCCCn1c(SCc2nc(N)nc(N)n2)nc2cc(S(=O)(=O)N(CC)CC)ccc21. The molecule has 0 amide bonds. The van der Waals surface area contributed by atoms with Crippen LogP contribution in [-0.4, -0.2) is 50.3 Å². The minimum absolute atomic E-state index is 0.0776. The molecule has 1 aromatic carbocycles. The summed E-state index contributed by atoms with van der Waals surface area (Å²) in [6.07, 6.45) is 2.00. The highest BCUT2D eigenvalue weighted by Crippen LogP contribution is 2.29. The van der Waals surface area contributed by atoms with E-state index < -0.39 is 10.0 Å². The van der Waals surface area contributed by atoms with Crippen LogP contribution in [0.25, 0.3) is 11.0 Å². The van der Waals surface area contributed by atoms with E-state index in [1.165, 1.54) is 16.1 Å². The fourth-order valence-electron chi connectivity index (χ4n) is 3.25. The van der Waals surface area contributed by atoms with E-state index in [9.17, 15) is 8.42 Å². The van der Waals surface area contributed by atoms with Crippen LogP contribution in [0.5, 0.6) is 0 Å². The molecule has 2 aromatic heterocycles. The molecule has 0 radical (unpaired) electrons. The summed E-state index contributed by atoms with van der Waals surface area (Å²) in [5, 5.41) is 0.762. The highest BCUT2D eigenvalue weighted by atomic mass is 32.2. The zero-order valence-corrected chi connectivity index (χ0v) is 19.6. The number of unbranched alkanes of at least 4 members (excludes halogenated alkanes) is 1. The molecule has 0 spiro atoms. The number of nitrogen functional groups attached to an aromatic ring is 2. The zero-order valence-electron chi connectivity index (χ0n) is 17.9. The lowest BCUT2D eigenvalue weighted by Gasteiger charge is -2.18. The van der Waals surface area contributed by atoms with Crippen LogP contribution in [0.4, 0.5) is 11.9 Å². The van der Waals surface area contributed by atoms with E-state index in [0.29, 0.717) is 30.2 Å². The molecule has 0 aliphatic carbocycles. The van der Waals surface area contributed by atoms with Crippen LogP contribution in [0, 0.1) is 0 Å². The standard InChI is InChI=1S/C19H28N8O2S2/c1-4-7-10-27-15-9-8-13(31(28,29)26(5-2)6-3)11-14(15)22-19(27)30-12-16-23-17(20)25-18(21)24-16/h8-9,11H,4-7,10,12H2,1-3H3,(H4,20,21,23,24,25). The van der Waals surface area contributed by atoms with Gasteiger partial charge in [-0.15, -0.1) is 0 Å². The number of anilines is 2. The summed E-state index contributed by atoms with van der Waals surface area (Å²) in [5.41, 5.74) is 12.8. The molecule has 0 fully saturated rings. The highest BCUT2D eigenvalue weighted by molar-refractivity contribution is 7.98. The van der Waals surface area contributed by atoms with E-state index in [1.54, 1.807) is 12.1 Å². The Labute approximate surface area is 186 Å². The van der Waals surface area contributed by atoms with Crippen molar-refractivity contribution in [3.63, 3.8) is 0 Å². The minimum atomic E-state index is -3.56. The van der Waals surface area contributed by atoms with Crippen molar-refractivity contribution in [3.05, 3.63) is 24.0 Å². The fourth-order valence-corrected chi connectivity index (χ4v) is 5.63. The van der Waals surface area contributed by atoms with Gasteiger partial charge in [-0.3, -0.25) is 0 Å². The lowest BCUT2D eigenvalue weighted by molar-refractivity contribution is 0.445. The van der Waals surface area contributed by atoms with Gasteiger partial charge in [-0.25, -0.2) is 13.4 Å². The molecule has 0 saturated heterocycles. The Hall–Kier alpha value is -2.44. The van der Waals surface area contributed by atoms with Crippen molar-refractivity contribution in [1.82, 2.24) is 28.8 Å². The summed E-state index contributed by atoms with van der Waals surface area (Å²) in [6.45, 7) is 7.39. The zero-order chi connectivity index (χ0) is 22.6. The first-order chi connectivity index (χ1) is 14.8. The van der Waals surface area contributed by atoms with Gasteiger partial charge < -0.3 is 16.0 Å². The number of benzene rings is 1. The molecule has 0 saturated carbocycles. The molecule has 0 unspecified atom stereocenters. The normalized spacial score (nSPS) is 12.1. The van der Waals surface area contributed by atoms with Gasteiger partial charge in [0.15, 0.2) is 5.16 Å². The number of aromatic nitrogens is 5. The van der Waals surface area contributed by atoms with E-state index in [0.717, 1.165) is 30.1 Å². The fraction of sp³-hybridized carbons (Fsp3) is 0.474. The van der Waals surface area contributed by atoms with Gasteiger partial charge in [0.2, 0.25) is 21.9 Å². The van der Waals surface area contributed by atoms with Crippen LogP contribution in [0.2, 0.25) is 0 Å². The molecule has 2 heterocycles. The predicted molar refractivity (Wildman–Crippen MR) is 123 cm³/mol. The lowest BCUT2D eigenvalue weighted by atomic mass is 10.3. The van der Waals surface area contributed by atoms with Gasteiger partial charge in [0.1, 0.15) is 5.82 Å². The summed E-state index contributed by atoms with van der Waals surface area (Å²) in [6, 6.07) is 5.13. The van der Waals surface area contributed by atoms with Crippen LogP contribution in [-0.2, 0) is 22.3 Å². The first-order valence-corrected chi connectivity index (χ1v) is 12.6. The number of imidazole rings is 1. The van der Waals surface area contributed by atoms with Crippen molar-refractivity contribution in [1.29, 1.82) is 0 Å². The number of hydrogen-bond acceptors (Lipinski definition) is 9. The molecular weight excluding hydrogens is 436 g/mol. The summed E-state index contributed by atoms with van der Waals surface area (Å²) in [5.74, 6) is 1.04. The van der Waals surface area contributed by atoms with Crippen molar-refractivity contribution in [2.45, 2.75) is 56.0 Å². The smallest absolute Gasteiger partial charge is 0.243 e. The first-order valence-electron chi connectivity index (χ1n) is 10.2. The Morgan fingerprint density at radius 1 is 1.03 bits per heavy atom. The summed E-state index contributed by atoms with van der Waals surface area (Å²) < 4.78 is 29.4. The van der Waals surface area contributed by atoms with Crippen molar-refractivity contribution < 1.29 is 8.42 Å². The second-order valence-corrected chi connectivity index (χ2v) is 9.78. The van der Waals surface area contributed by atoms with E-state index in [-0.39, 0.29) is 16.8 Å². The number of fused-ring (bicyclic) bond motifs is 1. The lowest BCUT2D eigenvalue weighted by Crippen LogP contribution is -2.30. The van der Waals surface area contributed by atoms with E-state index in [2.05, 4.69) is 26.4 Å². The third-order valence-electron chi connectivity index (χ3n) is 4.81. The maximum absolute atomic E-state index is 12.9. The molecule has 3 rings (SSSR count). The van der Waals surface area contributed by atoms with Crippen LogP contribution >= 0.6 is 11.8 Å². The Bertz CT molecular complexity index is 1140. The highest BCUT2D eigenvalue weighted by Gasteiger charge is 2.23. The average molecular weight is 465 g/mol. The quantitative estimate of drug-likeness (QED) is 0.432. The molecule has 12 heteroatoms. The van der Waals surface area contributed by atoms with Crippen LogP contribution in [0.3, 0.4) is 0 Å². The van der Waals surface area contributed by atoms with Crippen LogP contribution in [0.1, 0.15) is 39.4 Å². The Morgan fingerprint density at radius 3 is 2.32 bits per heavy atom. The summed E-state index contributed by atoms with van der Waals surface area (Å²) >= 11 is 1.45. The molecule has 0 bridgehead atoms. The van der Waals surface area contributed by atoms with E-state index in [4.69, 9.17) is 16.5 Å². The number of sulfonamides is 1. The number of rotatable bonds is 10. The largest absolute Gasteiger partial charge is 0.368 e. The van der Waals surface area contributed by atoms with Gasteiger partial charge in [0, 0.05) is 19.6 Å². The van der Waals surface area contributed by atoms with Crippen molar-refractivity contribution in [2.75, 3.05) is 24.6 Å². The third-order valence-corrected chi connectivity index (χ3v) is 7.83.